The minimum atomic E-state index is -0.307. The number of nitrogen functional groups attached to an aromatic ring is 1. The molecule has 1 aliphatic rings. The van der Waals surface area contributed by atoms with E-state index in [0.717, 1.165) is 31.2 Å². The molecule has 3 N–H and O–H groups in total. The van der Waals surface area contributed by atoms with Crippen LogP contribution < -0.4 is 11.1 Å². The first-order valence-corrected chi connectivity index (χ1v) is 7.90. The van der Waals surface area contributed by atoms with Crippen LogP contribution >= 0.6 is 11.3 Å². The average Bonchev–Trinajstić information content (AvgIpc) is 2.82. The highest BCUT2D eigenvalue weighted by Gasteiger charge is 2.23. The number of rotatable bonds is 3. The van der Waals surface area contributed by atoms with Crippen molar-refractivity contribution < 1.29 is 9.18 Å². The van der Waals surface area contributed by atoms with Crippen LogP contribution in [-0.4, -0.2) is 5.91 Å². The molecule has 2 aromatic rings. The topological polar surface area (TPSA) is 55.1 Å². The monoisotopic (exact) mass is 304 g/mol. The second-order valence-corrected chi connectivity index (χ2v) is 6.36. The van der Waals surface area contributed by atoms with Crippen LogP contribution in [0.2, 0.25) is 0 Å². The van der Waals surface area contributed by atoms with Crippen LogP contribution in [-0.2, 0) is 19.4 Å². The Bertz CT molecular complexity index is 681. The van der Waals surface area contributed by atoms with E-state index in [2.05, 4.69) is 5.32 Å². The zero-order valence-corrected chi connectivity index (χ0v) is 12.4. The van der Waals surface area contributed by atoms with Crippen LogP contribution in [0, 0.1) is 5.82 Å². The first-order chi connectivity index (χ1) is 10.2. The summed E-state index contributed by atoms with van der Waals surface area (Å²) < 4.78 is 13.6. The predicted molar refractivity (Wildman–Crippen MR) is 82.9 cm³/mol. The van der Waals surface area contributed by atoms with Gasteiger partial charge < -0.3 is 11.1 Å². The number of fused-ring (bicyclic) bond motifs is 1. The van der Waals surface area contributed by atoms with Gasteiger partial charge in [0.1, 0.15) is 5.82 Å². The highest BCUT2D eigenvalue weighted by atomic mass is 32.1. The first kappa shape index (κ1) is 14.1. The lowest BCUT2D eigenvalue weighted by atomic mass is 9.95. The second kappa shape index (κ2) is 5.85. The SMILES string of the molecule is Nc1sc2c(c1C(=O)NCc1ccccc1F)CCCC2. The Morgan fingerprint density at radius 2 is 2.05 bits per heavy atom. The van der Waals surface area contributed by atoms with Gasteiger partial charge in [0.2, 0.25) is 0 Å². The molecule has 3 rings (SSSR count). The Hall–Kier alpha value is -1.88. The number of thiophene rings is 1. The highest BCUT2D eigenvalue weighted by Crippen LogP contribution is 2.36. The third kappa shape index (κ3) is 2.78. The van der Waals surface area contributed by atoms with Crippen LogP contribution in [0.25, 0.3) is 0 Å². The summed E-state index contributed by atoms with van der Waals surface area (Å²) in [5.74, 6) is -0.506. The molecule has 110 valence electrons. The first-order valence-electron chi connectivity index (χ1n) is 7.08. The number of nitrogens with one attached hydrogen (secondary N) is 1. The van der Waals surface area contributed by atoms with E-state index < -0.39 is 0 Å². The van der Waals surface area contributed by atoms with Crippen LogP contribution in [0.3, 0.4) is 0 Å². The molecule has 0 aliphatic heterocycles. The number of nitrogens with two attached hydrogens (primary N) is 1. The Morgan fingerprint density at radius 3 is 2.86 bits per heavy atom. The maximum Gasteiger partial charge on any atom is 0.254 e. The van der Waals surface area contributed by atoms with E-state index in [1.54, 1.807) is 18.2 Å². The smallest absolute Gasteiger partial charge is 0.254 e. The summed E-state index contributed by atoms with van der Waals surface area (Å²) in [5, 5.41) is 3.36. The van der Waals surface area contributed by atoms with Crippen molar-refractivity contribution in [3.8, 4) is 0 Å². The molecule has 1 aromatic heterocycles. The minimum Gasteiger partial charge on any atom is -0.390 e. The van der Waals surface area contributed by atoms with Gasteiger partial charge in [0.05, 0.1) is 10.6 Å². The Labute approximate surface area is 127 Å². The van der Waals surface area contributed by atoms with Crippen molar-refractivity contribution in [2.24, 2.45) is 0 Å². The van der Waals surface area contributed by atoms with Gasteiger partial charge in [-0.05, 0) is 37.3 Å². The van der Waals surface area contributed by atoms with Gasteiger partial charge in [0.15, 0.2) is 0 Å². The van der Waals surface area contributed by atoms with E-state index in [1.807, 2.05) is 0 Å². The van der Waals surface area contributed by atoms with Crippen molar-refractivity contribution in [3.63, 3.8) is 0 Å². The van der Waals surface area contributed by atoms with Gasteiger partial charge in [0.25, 0.3) is 5.91 Å². The van der Waals surface area contributed by atoms with Crippen molar-refractivity contribution in [2.75, 3.05) is 5.73 Å². The summed E-state index contributed by atoms with van der Waals surface area (Å²) >= 11 is 1.51. The molecule has 1 amide bonds. The van der Waals surface area contributed by atoms with Crippen LogP contribution in [0.1, 0.15) is 39.2 Å². The van der Waals surface area contributed by atoms with E-state index in [0.29, 0.717) is 16.1 Å². The molecule has 0 atom stereocenters. The van der Waals surface area contributed by atoms with Crippen LogP contribution in [0.5, 0.6) is 0 Å². The number of aryl methyl sites for hydroxylation is 1. The fourth-order valence-corrected chi connectivity index (χ4v) is 3.90. The average molecular weight is 304 g/mol. The van der Waals surface area contributed by atoms with Gasteiger partial charge in [-0.15, -0.1) is 11.3 Å². The van der Waals surface area contributed by atoms with Crippen molar-refractivity contribution in [1.29, 1.82) is 0 Å². The molecule has 0 bridgehead atoms. The fourth-order valence-electron chi connectivity index (χ4n) is 2.74. The molecule has 0 saturated carbocycles. The zero-order chi connectivity index (χ0) is 14.8. The van der Waals surface area contributed by atoms with Crippen molar-refractivity contribution >= 4 is 22.2 Å². The maximum absolute atomic E-state index is 13.6. The largest absolute Gasteiger partial charge is 0.390 e. The van der Waals surface area contributed by atoms with Gasteiger partial charge in [-0.1, -0.05) is 18.2 Å². The summed E-state index contributed by atoms with van der Waals surface area (Å²) in [5.41, 5.74) is 8.18. The van der Waals surface area contributed by atoms with E-state index in [9.17, 15) is 9.18 Å². The van der Waals surface area contributed by atoms with E-state index in [4.69, 9.17) is 5.73 Å². The van der Waals surface area contributed by atoms with E-state index >= 15 is 0 Å². The quantitative estimate of drug-likeness (QED) is 0.914. The lowest BCUT2D eigenvalue weighted by Gasteiger charge is -2.13. The fraction of sp³-hybridized carbons (Fsp3) is 0.312. The summed E-state index contributed by atoms with van der Waals surface area (Å²) in [6.07, 6.45) is 4.16. The normalized spacial score (nSPS) is 13.8. The van der Waals surface area contributed by atoms with E-state index in [-0.39, 0.29) is 18.3 Å². The maximum atomic E-state index is 13.6. The molecular weight excluding hydrogens is 287 g/mol. The molecule has 0 unspecified atom stereocenters. The molecule has 0 saturated heterocycles. The Kier molecular flexibility index (Phi) is 3.92. The number of benzene rings is 1. The molecule has 5 heteroatoms. The summed E-state index contributed by atoms with van der Waals surface area (Å²) in [7, 11) is 0. The van der Waals surface area contributed by atoms with Crippen molar-refractivity contribution in [1.82, 2.24) is 5.32 Å². The van der Waals surface area contributed by atoms with Crippen LogP contribution in [0.4, 0.5) is 9.39 Å². The summed E-state index contributed by atoms with van der Waals surface area (Å²) in [4.78, 5) is 13.6. The second-order valence-electron chi connectivity index (χ2n) is 5.22. The molecule has 1 aromatic carbocycles. The molecule has 1 aliphatic carbocycles. The summed E-state index contributed by atoms with van der Waals surface area (Å²) in [6, 6.07) is 6.45. The summed E-state index contributed by atoms with van der Waals surface area (Å²) in [6.45, 7) is 0.176. The minimum absolute atomic E-state index is 0.176. The molecular formula is C16H17FN2OS. The predicted octanol–water partition coefficient (Wildman–Crippen LogP) is 3.28. The molecule has 1 heterocycles. The molecule has 0 spiro atoms. The van der Waals surface area contributed by atoms with Gasteiger partial charge >= 0.3 is 0 Å². The molecule has 0 radical (unpaired) electrons. The van der Waals surface area contributed by atoms with Crippen molar-refractivity contribution in [3.05, 3.63) is 51.7 Å². The number of carbonyl (C=O) groups is 1. The highest BCUT2D eigenvalue weighted by molar-refractivity contribution is 7.16. The third-order valence-electron chi connectivity index (χ3n) is 3.82. The van der Waals surface area contributed by atoms with E-state index in [1.165, 1.54) is 22.3 Å². The van der Waals surface area contributed by atoms with Gasteiger partial charge in [-0.3, -0.25) is 4.79 Å². The number of carbonyl (C=O) groups excluding carboxylic acids is 1. The molecule has 0 fully saturated rings. The Balaban J connectivity index is 1.77. The third-order valence-corrected chi connectivity index (χ3v) is 4.94. The zero-order valence-electron chi connectivity index (χ0n) is 11.6. The number of hydrogen-bond donors (Lipinski definition) is 2. The lowest BCUT2D eigenvalue weighted by Crippen LogP contribution is -2.25. The number of halogens is 1. The standard InChI is InChI=1S/C16H17FN2OS/c17-12-7-3-1-5-10(12)9-19-16(20)14-11-6-2-4-8-13(11)21-15(14)18/h1,3,5,7H,2,4,6,8-9,18H2,(H,19,20). The molecule has 3 nitrogen and oxygen atoms in total. The van der Waals surface area contributed by atoms with Gasteiger partial charge in [-0.25, -0.2) is 4.39 Å². The van der Waals surface area contributed by atoms with Crippen LogP contribution in [0.15, 0.2) is 24.3 Å². The Morgan fingerprint density at radius 1 is 1.29 bits per heavy atom. The van der Waals surface area contributed by atoms with Gasteiger partial charge in [-0.2, -0.15) is 0 Å². The number of hydrogen-bond acceptors (Lipinski definition) is 3. The number of anilines is 1. The van der Waals surface area contributed by atoms with Crippen molar-refractivity contribution in [2.45, 2.75) is 32.2 Å². The lowest BCUT2D eigenvalue weighted by molar-refractivity contribution is 0.0950. The van der Waals surface area contributed by atoms with Gasteiger partial charge in [0, 0.05) is 17.0 Å². The molecule has 21 heavy (non-hydrogen) atoms. The number of amides is 1.